The van der Waals surface area contributed by atoms with E-state index in [0.717, 1.165) is 0 Å². The topological polar surface area (TPSA) is 76.5 Å². The van der Waals surface area contributed by atoms with Gasteiger partial charge in [0.15, 0.2) is 5.65 Å². The van der Waals surface area contributed by atoms with Crippen LogP contribution in [-0.2, 0) is 0 Å². The third-order valence-electron chi connectivity index (χ3n) is 2.25. The zero-order valence-corrected chi connectivity index (χ0v) is 8.16. The molecular weight excluding hydrogens is 206 g/mol. The van der Waals surface area contributed by atoms with Crippen molar-refractivity contribution in [2.24, 2.45) is 0 Å². The minimum Gasteiger partial charge on any atom is -0.313 e. The van der Waals surface area contributed by atoms with Crippen LogP contribution in [0.1, 0.15) is 0 Å². The van der Waals surface area contributed by atoms with Crippen molar-refractivity contribution in [2.75, 3.05) is 0 Å². The number of aromatic amines is 1. The molecule has 0 saturated carbocycles. The molecule has 0 aromatic carbocycles. The molecule has 3 heterocycles. The van der Waals surface area contributed by atoms with Gasteiger partial charge in [-0.15, -0.1) is 0 Å². The van der Waals surface area contributed by atoms with Crippen LogP contribution in [0.4, 0.5) is 0 Å². The van der Waals surface area contributed by atoms with Gasteiger partial charge in [0.25, 0.3) is 5.56 Å². The van der Waals surface area contributed by atoms with Crippen LogP contribution in [0.5, 0.6) is 0 Å². The van der Waals surface area contributed by atoms with Crippen molar-refractivity contribution in [3.8, 4) is 5.95 Å². The lowest BCUT2D eigenvalue weighted by molar-refractivity contribution is 0.944. The first kappa shape index (κ1) is 8.78. The summed E-state index contributed by atoms with van der Waals surface area (Å²) in [6.07, 6.45) is 6.37. The van der Waals surface area contributed by atoms with Gasteiger partial charge in [-0.2, -0.15) is 0 Å². The zero-order valence-electron chi connectivity index (χ0n) is 8.16. The summed E-state index contributed by atoms with van der Waals surface area (Å²) in [5, 5.41) is 0.523. The first-order valence-electron chi connectivity index (χ1n) is 4.68. The van der Waals surface area contributed by atoms with E-state index in [0.29, 0.717) is 17.0 Å². The standard InChI is InChI=1S/C10H7N5O/c16-9-7-2-5-15(8(7)13-6-14-9)10-11-3-1-4-12-10/h1-6H,(H,13,14,16). The van der Waals surface area contributed by atoms with Crippen molar-refractivity contribution in [1.29, 1.82) is 0 Å². The molecule has 3 aromatic rings. The molecule has 0 bridgehead atoms. The number of H-pyrrole nitrogens is 1. The maximum Gasteiger partial charge on any atom is 0.260 e. The SMILES string of the molecule is O=c1[nH]cnc2c1ccn2-c1ncccn1. The first-order chi connectivity index (χ1) is 7.86. The molecule has 0 aliphatic heterocycles. The Morgan fingerprint density at radius 2 is 2.00 bits per heavy atom. The molecule has 3 aromatic heterocycles. The van der Waals surface area contributed by atoms with Crippen LogP contribution in [0.2, 0.25) is 0 Å². The molecular formula is C10H7N5O. The molecule has 0 radical (unpaired) electrons. The molecule has 0 aliphatic carbocycles. The van der Waals surface area contributed by atoms with Crippen molar-refractivity contribution < 1.29 is 0 Å². The van der Waals surface area contributed by atoms with E-state index in [1.54, 1.807) is 35.3 Å². The Labute approximate surface area is 89.6 Å². The van der Waals surface area contributed by atoms with Crippen molar-refractivity contribution in [3.05, 3.63) is 47.4 Å². The van der Waals surface area contributed by atoms with Crippen LogP contribution in [0.3, 0.4) is 0 Å². The van der Waals surface area contributed by atoms with E-state index in [1.807, 2.05) is 0 Å². The lowest BCUT2D eigenvalue weighted by Gasteiger charge is -2.00. The highest BCUT2D eigenvalue weighted by Crippen LogP contribution is 2.11. The van der Waals surface area contributed by atoms with E-state index >= 15 is 0 Å². The van der Waals surface area contributed by atoms with Gasteiger partial charge in [-0.25, -0.2) is 15.0 Å². The van der Waals surface area contributed by atoms with Crippen molar-refractivity contribution in [3.63, 3.8) is 0 Å². The highest BCUT2D eigenvalue weighted by atomic mass is 16.1. The molecule has 3 rings (SSSR count). The van der Waals surface area contributed by atoms with E-state index in [1.165, 1.54) is 6.33 Å². The molecule has 0 spiro atoms. The smallest absolute Gasteiger partial charge is 0.260 e. The second-order valence-corrected chi connectivity index (χ2v) is 3.20. The molecule has 16 heavy (non-hydrogen) atoms. The predicted molar refractivity (Wildman–Crippen MR) is 57.3 cm³/mol. The lowest BCUT2D eigenvalue weighted by Crippen LogP contribution is -2.07. The molecule has 0 fully saturated rings. The molecule has 78 valence electrons. The Bertz CT molecular complexity index is 685. The molecule has 0 atom stereocenters. The van der Waals surface area contributed by atoms with E-state index in [-0.39, 0.29) is 5.56 Å². The lowest BCUT2D eigenvalue weighted by atomic mass is 10.4. The summed E-state index contributed by atoms with van der Waals surface area (Å²) in [7, 11) is 0. The van der Waals surface area contributed by atoms with Gasteiger partial charge < -0.3 is 4.98 Å². The number of nitrogens with one attached hydrogen (secondary N) is 1. The number of hydrogen-bond donors (Lipinski definition) is 1. The molecule has 6 heteroatoms. The fourth-order valence-corrected chi connectivity index (χ4v) is 1.54. The fraction of sp³-hybridized carbons (Fsp3) is 0. The Morgan fingerprint density at radius 1 is 1.19 bits per heavy atom. The second kappa shape index (κ2) is 3.27. The third-order valence-corrected chi connectivity index (χ3v) is 2.25. The summed E-state index contributed by atoms with van der Waals surface area (Å²) >= 11 is 0. The minimum atomic E-state index is -0.167. The summed E-state index contributed by atoms with van der Waals surface area (Å²) in [4.78, 5) is 26.3. The second-order valence-electron chi connectivity index (χ2n) is 3.20. The normalized spacial score (nSPS) is 10.8. The van der Waals surface area contributed by atoms with Crippen molar-refractivity contribution in [2.45, 2.75) is 0 Å². The summed E-state index contributed by atoms with van der Waals surface area (Å²) in [5.41, 5.74) is 0.384. The molecule has 0 aliphatic rings. The number of aromatic nitrogens is 5. The average Bonchev–Trinajstić information content (AvgIpc) is 2.75. The Hall–Kier alpha value is -2.50. The van der Waals surface area contributed by atoms with Gasteiger partial charge >= 0.3 is 0 Å². The maximum absolute atomic E-state index is 11.5. The van der Waals surface area contributed by atoms with Gasteiger partial charge in [0, 0.05) is 18.6 Å². The molecule has 0 amide bonds. The van der Waals surface area contributed by atoms with Gasteiger partial charge in [-0.1, -0.05) is 0 Å². The molecule has 6 nitrogen and oxygen atoms in total. The van der Waals surface area contributed by atoms with Crippen LogP contribution < -0.4 is 5.56 Å². The maximum atomic E-state index is 11.5. The molecule has 1 N–H and O–H groups in total. The number of fused-ring (bicyclic) bond motifs is 1. The Morgan fingerprint density at radius 3 is 2.81 bits per heavy atom. The van der Waals surface area contributed by atoms with Gasteiger partial charge in [-0.05, 0) is 12.1 Å². The Balaban J connectivity index is 2.34. The average molecular weight is 213 g/mol. The van der Waals surface area contributed by atoms with Gasteiger partial charge in [0.05, 0.1) is 11.7 Å². The van der Waals surface area contributed by atoms with Crippen LogP contribution in [0, 0.1) is 0 Å². The van der Waals surface area contributed by atoms with Crippen LogP contribution in [0.25, 0.3) is 17.0 Å². The quantitative estimate of drug-likeness (QED) is 0.638. The zero-order chi connectivity index (χ0) is 11.0. The van der Waals surface area contributed by atoms with Gasteiger partial charge in [-0.3, -0.25) is 9.36 Å². The van der Waals surface area contributed by atoms with Crippen LogP contribution >= 0.6 is 0 Å². The summed E-state index contributed by atoms with van der Waals surface area (Å²) in [6, 6.07) is 3.42. The largest absolute Gasteiger partial charge is 0.313 e. The fourth-order valence-electron chi connectivity index (χ4n) is 1.54. The Kier molecular flexibility index (Phi) is 1.79. The monoisotopic (exact) mass is 213 g/mol. The van der Waals surface area contributed by atoms with Crippen molar-refractivity contribution in [1.82, 2.24) is 24.5 Å². The van der Waals surface area contributed by atoms with E-state index < -0.39 is 0 Å². The first-order valence-corrected chi connectivity index (χ1v) is 4.68. The van der Waals surface area contributed by atoms with Gasteiger partial charge in [0.1, 0.15) is 0 Å². The summed E-state index contributed by atoms with van der Waals surface area (Å²) in [5.74, 6) is 0.496. The van der Waals surface area contributed by atoms with Crippen molar-refractivity contribution >= 4 is 11.0 Å². The van der Waals surface area contributed by atoms with Gasteiger partial charge in [0.2, 0.25) is 5.95 Å². The third kappa shape index (κ3) is 1.20. The highest BCUT2D eigenvalue weighted by Gasteiger charge is 2.07. The van der Waals surface area contributed by atoms with E-state index in [9.17, 15) is 4.79 Å². The number of hydrogen-bond acceptors (Lipinski definition) is 4. The predicted octanol–water partition coefficient (Wildman–Crippen LogP) is 0.504. The summed E-state index contributed by atoms with van der Waals surface area (Å²) < 4.78 is 1.67. The number of nitrogens with zero attached hydrogens (tertiary/aromatic N) is 4. The minimum absolute atomic E-state index is 0.167. The number of rotatable bonds is 1. The highest BCUT2D eigenvalue weighted by molar-refractivity contribution is 5.75. The molecule has 0 unspecified atom stereocenters. The van der Waals surface area contributed by atoms with E-state index in [2.05, 4.69) is 19.9 Å². The molecule has 0 saturated heterocycles. The van der Waals surface area contributed by atoms with Crippen LogP contribution in [0.15, 0.2) is 41.8 Å². The summed E-state index contributed by atoms with van der Waals surface area (Å²) in [6.45, 7) is 0. The van der Waals surface area contributed by atoms with Crippen LogP contribution in [-0.4, -0.2) is 24.5 Å². The van der Waals surface area contributed by atoms with E-state index in [4.69, 9.17) is 0 Å².